The van der Waals surface area contributed by atoms with Crippen LogP contribution in [0.1, 0.15) is 11.1 Å². The molecule has 0 radical (unpaired) electrons. The molecule has 1 aliphatic rings. The first-order chi connectivity index (χ1) is 11.0. The third-order valence-electron chi connectivity index (χ3n) is 4.19. The Hall–Kier alpha value is -1.76. The van der Waals surface area contributed by atoms with Crippen LogP contribution in [0.3, 0.4) is 0 Å². The van der Waals surface area contributed by atoms with Gasteiger partial charge in [0.2, 0.25) is 10.0 Å². The van der Waals surface area contributed by atoms with E-state index >= 15 is 0 Å². The molecule has 0 spiro atoms. The Labute approximate surface area is 137 Å². The zero-order valence-corrected chi connectivity index (χ0v) is 14.0. The lowest BCUT2D eigenvalue weighted by atomic mass is 10.1. The molecule has 1 aliphatic heterocycles. The molecular weight excluding hydrogens is 310 g/mol. The minimum atomic E-state index is -3.22. The highest BCUT2D eigenvalue weighted by molar-refractivity contribution is 7.88. The number of rotatable bonds is 6. The van der Waals surface area contributed by atoms with E-state index < -0.39 is 10.0 Å². The van der Waals surface area contributed by atoms with Crippen molar-refractivity contribution >= 4 is 10.0 Å². The number of likely N-dealkylation sites (N-methyl/N-ethyl adjacent to an activating group) is 1. The highest BCUT2D eigenvalue weighted by Crippen LogP contribution is 2.21. The summed E-state index contributed by atoms with van der Waals surface area (Å²) in [6.07, 6.45) is 3.60. The van der Waals surface area contributed by atoms with Crippen molar-refractivity contribution in [1.82, 2.24) is 14.2 Å². The Bertz CT molecular complexity index is 729. The monoisotopic (exact) mass is 331 g/mol. The van der Waals surface area contributed by atoms with Crippen LogP contribution < -0.4 is 0 Å². The van der Waals surface area contributed by atoms with Crippen molar-refractivity contribution in [1.29, 1.82) is 0 Å². The van der Waals surface area contributed by atoms with Gasteiger partial charge in [0, 0.05) is 38.1 Å². The molecule has 2 aromatic rings. The number of benzene rings is 1. The first-order valence-corrected chi connectivity index (χ1v) is 9.26. The van der Waals surface area contributed by atoms with Crippen LogP contribution in [0.4, 0.5) is 0 Å². The second-order valence-corrected chi connectivity index (χ2v) is 7.96. The van der Waals surface area contributed by atoms with Crippen LogP contribution >= 0.6 is 0 Å². The van der Waals surface area contributed by atoms with E-state index in [2.05, 4.69) is 9.88 Å². The predicted molar refractivity (Wildman–Crippen MR) is 90.1 cm³/mol. The van der Waals surface area contributed by atoms with Gasteiger partial charge < -0.3 is 0 Å². The molecule has 3 rings (SSSR count). The standard InChI is InChI=1S/C17H21N3O2S/c1-19(11-16-8-5-9-18-10-16)17-12-20(13-17)23(21,22)14-15-6-3-2-4-7-15/h2-10,17H,11-14H2,1H3. The number of hydrogen-bond acceptors (Lipinski definition) is 4. The zero-order chi connectivity index (χ0) is 16.3. The molecule has 1 saturated heterocycles. The Morgan fingerprint density at radius 1 is 1.13 bits per heavy atom. The van der Waals surface area contributed by atoms with Crippen LogP contribution in [0.25, 0.3) is 0 Å². The minimum Gasteiger partial charge on any atom is -0.296 e. The lowest BCUT2D eigenvalue weighted by Crippen LogP contribution is -2.59. The van der Waals surface area contributed by atoms with Gasteiger partial charge in [0.05, 0.1) is 5.75 Å². The van der Waals surface area contributed by atoms with E-state index in [1.807, 2.05) is 55.7 Å². The van der Waals surface area contributed by atoms with Gasteiger partial charge in [0.1, 0.15) is 0 Å². The van der Waals surface area contributed by atoms with Gasteiger partial charge in [-0.25, -0.2) is 8.42 Å². The summed E-state index contributed by atoms with van der Waals surface area (Å²) in [5.74, 6) is 0.0763. The fourth-order valence-electron chi connectivity index (χ4n) is 2.71. The van der Waals surface area contributed by atoms with E-state index in [1.165, 1.54) is 0 Å². The lowest BCUT2D eigenvalue weighted by molar-refractivity contribution is 0.105. The highest BCUT2D eigenvalue weighted by atomic mass is 32.2. The Kier molecular flexibility index (Phi) is 4.75. The fraction of sp³-hybridized carbons (Fsp3) is 0.353. The summed E-state index contributed by atoms with van der Waals surface area (Å²) >= 11 is 0. The second-order valence-electron chi connectivity index (χ2n) is 5.99. The maximum atomic E-state index is 12.4. The van der Waals surface area contributed by atoms with Crippen LogP contribution in [0.15, 0.2) is 54.9 Å². The Balaban J connectivity index is 1.53. The van der Waals surface area contributed by atoms with Crippen molar-refractivity contribution in [3.63, 3.8) is 0 Å². The van der Waals surface area contributed by atoms with Crippen molar-refractivity contribution in [2.45, 2.75) is 18.3 Å². The summed E-state index contributed by atoms with van der Waals surface area (Å²) in [4.78, 5) is 6.30. The summed E-state index contributed by atoms with van der Waals surface area (Å²) in [5.41, 5.74) is 1.97. The molecule has 0 amide bonds. The summed E-state index contributed by atoms with van der Waals surface area (Å²) in [5, 5.41) is 0. The number of sulfonamides is 1. The molecular formula is C17H21N3O2S. The van der Waals surface area contributed by atoms with Gasteiger partial charge in [-0.2, -0.15) is 4.31 Å². The van der Waals surface area contributed by atoms with Crippen LogP contribution in [0.2, 0.25) is 0 Å². The SMILES string of the molecule is CN(Cc1cccnc1)C1CN(S(=O)(=O)Cc2ccccc2)C1. The van der Waals surface area contributed by atoms with E-state index in [0.29, 0.717) is 13.1 Å². The van der Waals surface area contributed by atoms with Gasteiger partial charge >= 0.3 is 0 Å². The molecule has 0 N–H and O–H groups in total. The fourth-order valence-corrected chi connectivity index (χ4v) is 4.30. The molecule has 122 valence electrons. The van der Waals surface area contributed by atoms with Crippen LogP contribution in [-0.2, 0) is 22.3 Å². The van der Waals surface area contributed by atoms with Gasteiger partial charge in [-0.05, 0) is 24.2 Å². The van der Waals surface area contributed by atoms with Gasteiger partial charge in [0.25, 0.3) is 0 Å². The van der Waals surface area contributed by atoms with Crippen LogP contribution in [-0.4, -0.2) is 48.8 Å². The molecule has 6 heteroatoms. The summed E-state index contributed by atoms with van der Waals surface area (Å²) in [6, 6.07) is 13.5. The average molecular weight is 331 g/mol. The highest BCUT2D eigenvalue weighted by Gasteiger charge is 2.37. The molecule has 0 aliphatic carbocycles. The van der Waals surface area contributed by atoms with Crippen molar-refractivity contribution in [3.8, 4) is 0 Å². The van der Waals surface area contributed by atoms with E-state index in [0.717, 1.165) is 17.7 Å². The van der Waals surface area contributed by atoms with Gasteiger partial charge in [0.15, 0.2) is 0 Å². The topological polar surface area (TPSA) is 53.5 Å². The summed E-state index contributed by atoms with van der Waals surface area (Å²) < 4.78 is 26.4. The number of nitrogens with zero attached hydrogens (tertiary/aromatic N) is 3. The molecule has 1 aromatic carbocycles. The molecule has 2 heterocycles. The summed E-state index contributed by atoms with van der Waals surface area (Å²) in [7, 11) is -1.19. The van der Waals surface area contributed by atoms with Crippen molar-refractivity contribution < 1.29 is 8.42 Å². The molecule has 23 heavy (non-hydrogen) atoms. The molecule has 0 bridgehead atoms. The molecule has 0 unspecified atom stereocenters. The average Bonchev–Trinajstić information content (AvgIpc) is 2.46. The minimum absolute atomic E-state index is 0.0763. The molecule has 1 aromatic heterocycles. The normalized spacial score (nSPS) is 16.4. The van der Waals surface area contributed by atoms with E-state index in [1.54, 1.807) is 10.5 Å². The first kappa shape index (κ1) is 16.1. The first-order valence-electron chi connectivity index (χ1n) is 7.65. The van der Waals surface area contributed by atoms with Gasteiger partial charge in [-0.15, -0.1) is 0 Å². The van der Waals surface area contributed by atoms with Gasteiger partial charge in [-0.3, -0.25) is 9.88 Å². The number of aromatic nitrogens is 1. The van der Waals surface area contributed by atoms with E-state index in [4.69, 9.17) is 0 Å². The summed E-state index contributed by atoms with van der Waals surface area (Å²) in [6.45, 7) is 1.91. The van der Waals surface area contributed by atoms with Crippen molar-refractivity contribution in [2.24, 2.45) is 0 Å². The molecule has 0 atom stereocenters. The molecule has 5 nitrogen and oxygen atoms in total. The molecule has 0 saturated carbocycles. The number of pyridine rings is 1. The third kappa shape index (κ3) is 3.96. The quantitative estimate of drug-likeness (QED) is 0.809. The predicted octanol–water partition coefficient (Wildman–Crippen LogP) is 1.73. The smallest absolute Gasteiger partial charge is 0.218 e. The maximum Gasteiger partial charge on any atom is 0.218 e. The van der Waals surface area contributed by atoms with Crippen molar-refractivity contribution in [3.05, 3.63) is 66.0 Å². The van der Waals surface area contributed by atoms with Crippen LogP contribution in [0, 0.1) is 0 Å². The second kappa shape index (κ2) is 6.78. The van der Waals surface area contributed by atoms with E-state index in [9.17, 15) is 8.42 Å². The van der Waals surface area contributed by atoms with Gasteiger partial charge in [-0.1, -0.05) is 36.4 Å². The zero-order valence-electron chi connectivity index (χ0n) is 13.2. The third-order valence-corrected chi connectivity index (χ3v) is 5.98. The van der Waals surface area contributed by atoms with Crippen molar-refractivity contribution in [2.75, 3.05) is 20.1 Å². The Morgan fingerprint density at radius 2 is 1.83 bits per heavy atom. The number of hydrogen-bond donors (Lipinski definition) is 0. The maximum absolute atomic E-state index is 12.4. The lowest BCUT2D eigenvalue weighted by Gasteiger charge is -2.43. The largest absolute Gasteiger partial charge is 0.296 e. The van der Waals surface area contributed by atoms with Crippen LogP contribution in [0.5, 0.6) is 0 Å². The van der Waals surface area contributed by atoms with E-state index in [-0.39, 0.29) is 11.8 Å². The molecule has 1 fully saturated rings. The Morgan fingerprint density at radius 3 is 2.48 bits per heavy atom.